The molecule has 1 aromatic carbocycles. The Kier molecular flexibility index (Phi) is 6.67. The van der Waals surface area contributed by atoms with Gasteiger partial charge in [-0.3, -0.25) is 4.79 Å². The number of Topliss-reactive ketones (excluding diaryl/α,β-unsaturated/α-hetero) is 1. The molecular formula is C15H22FNO2. The number of benzene rings is 1. The van der Waals surface area contributed by atoms with Crippen LogP contribution in [0.4, 0.5) is 4.39 Å². The molecule has 3 nitrogen and oxygen atoms in total. The van der Waals surface area contributed by atoms with Crippen LogP contribution >= 0.6 is 0 Å². The Morgan fingerprint density at radius 3 is 2.68 bits per heavy atom. The van der Waals surface area contributed by atoms with Gasteiger partial charge in [-0.15, -0.1) is 0 Å². The normalized spacial score (nSPS) is 11.3. The number of aliphatic hydroxyl groups excluding tert-OH is 1. The van der Waals surface area contributed by atoms with Crippen molar-refractivity contribution in [1.29, 1.82) is 0 Å². The van der Waals surface area contributed by atoms with Gasteiger partial charge in [0.2, 0.25) is 0 Å². The standard InChI is InChI=1S/C15H22FNO2/c1-12(2)17(8-4-10-18)9-7-15(19)13-5-3-6-14(16)11-13/h3,5-6,11-12,18H,4,7-10H2,1-2H3. The summed E-state index contributed by atoms with van der Waals surface area (Å²) in [6.45, 7) is 5.67. The van der Waals surface area contributed by atoms with Crippen LogP contribution in [-0.4, -0.2) is 41.5 Å². The van der Waals surface area contributed by atoms with Crippen molar-refractivity contribution in [1.82, 2.24) is 4.90 Å². The number of ketones is 1. The van der Waals surface area contributed by atoms with Gasteiger partial charge in [0.25, 0.3) is 0 Å². The van der Waals surface area contributed by atoms with Gasteiger partial charge < -0.3 is 10.0 Å². The van der Waals surface area contributed by atoms with Crippen molar-refractivity contribution in [2.24, 2.45) is 0 Å². The first-order valence-electron chi connectivity index (χ1n) is 6.68. The average Bonchev–Trinajstić information content (AvgIpc) is 2.38. The van der Waals surface area contributed by atoms with Crippen molar-refractivity contribution in [3.63, 3.8) is 0 Å². The van der Waals surface area contributed by atoms with Crippen molar-refractivity contribution in [2.75, 3.05) is 19.7 Å². The minimum Gasteiger partial charge on any atom is -0.396 e. The van der Waals surface area contributed by atoms with Crippen LogP contribution < -0.4 is 0 Å². The van der Waals surface area contributed by atoms with Crippen LogP contribution in [-0.2, 0) is 0 Å². The molecule has 0 radical (unpaired) electrons. The van der Waals surface area contributed by atoms with Crippen molar-refractivity contribution in [2.45, 2.75) is 32.7 Å². The van der Waals surface area contributed by atoms with E-state index in [1.807, 2.05) is 0 Å². The third-order valence-electron chi connectivity index (χ3n) is 3.11. The number of carbonyl (C=O) groups is 1. The lowest BCUT2D eigenvalue weighted by Gasteiger charge is -2.25. The van der Waals surface area contributed by atoms with Gasteiger partial charge in [-0.2, -0.15) is 0 Å². The van der Waals surface area contributed by atoms with Crippen LogP contribution in [0.1, 0.15) is 37.0 Å². The van der Waals surface area contributed by atoms with E-state index in [1.165, 1.54) is 12.1 Å². The lowest BCUT2D eigenvalue weighted by molar-refractivity contribution is 0.0952. The minimum atomic E-state index is -0.383. The molecule has 4 heteroatoms. The maximum absolute atomic E-state index is 13.0. The highest BCUT2D eigenvalue weighted by molar-refractivity contribution is 5.96. The Bertz CT molecular complexity index is 407. The lowest BCUT2D eigenvalue weighted by atomic mass is 10.1. The largest absolute Gasteiger partial charge is 0.396 e. The van der Waals surface area contributed by atoms with Gasteiger partial charge in [-0.05, 0) is 32.4 Å². The summed E-state index contributed by atoms with van der Waals surface area (Å²) in [5.74, 6) is -0.430. The number of aliphatic hydroxyl groups is 1. The molecule has 0 aliphatic carbocycles. The zero-order valence-electron chi connectivity index (χ0n) is 11.6. The van der Waals surface area contributed by atoms with Gasteiger partial charge >= 0.3 is 0 Å². The second-order valence-corrected chi connectivity index (χ2v) is 4.89. The monoisotopic (exact) mass is 267 g/mol. The summed E-state index contributed by atoms with van der Waals surface area (Å²) in [4.78, 5) is 14.1. The molecule has 0 saturated heterocycles. The number of rotatable bonds is 8. The summed E-state index contributed by atoms with van der Waals surface area (Å²) in [5, 5.41) is 8.85. The summed E-state index contributed by atoms with van der Waals surface area (Å²) in [6, 6.07) is 6.12. The number of hydrogen-bond donors (Lipinski definition) is 1. The molecule has 106 valence electrons. The first-order chi connectivity index (χ1) is 9.04. The van der Waals surface area contributed by atoms with Gasteiger partial charge in [0.1, 0.15) is 5.82 Å². The van der Waals surface area contributed by atoms with E-state index in [0.29, 0.717) is 31.0 Å². The topological polar surface area (TPSA) is 40.5 Å². The Morgan fingerprint density at radius 1 is 1.37 bits per heavy atom. The molecule has 1 N–H and O–H groups in total. The highest BCUT2D eigenvalue weighted by atomic mass is 19.1. The second-order valence-electron chi connectivity index (χ2n) is 4.89. The Hall–Kier alpha value is -1.26. The number of hydrogen-bond acceptors (Lipinski definition) is 3. The Labute approximate surface area is 114 Å². The third-order valence-corrected chi connectivity index (χ3v) is 3.11. The fourth-order valence-electron chi connectivity index (χ4n) is 1.95. The fourth-order valence-corrected chi connectivity index (χ4v) is 1.95. The predicted octanol–water partition coefficient (Wildman–Crippen LogP) is 2.49. The summed E-state index contributed by atoms with van der Waals surface area (Å²) in [6.07, 6.45) is 1.07. The summed E-state index contributed by atoms with van der Waals surface area (Å²) in [7, 11) is 0. The molecule has 0 atom stereocenters. The summed E-state index contributed by atoms with van der Waals surface area (Å²) >= 11 is 0. The first kappa shape index (κ1) is 15.8. The van der Waals surface area contributed by atoms with Crippen LogP contribution in [0.2, 0.25) is 0 Å². The van der Waals surface area contributed by atoms with E-state index < -0.39 is 0 Å². The molecule has 1 rings (SSSR count). The van der Waals surface area contributed by atoms with Gasteiger partial charge in [-0.1, -0.05) is 12.1 Å². The van der Waals surface area contributed by atoms with Gasteiger partial charge in [-0.25, -0.2) is 4.39 Å². The second kappa shape index (κ2) is 8.02. The number of carbonyl (C=O) groups excluding carboxylic acids is 1. The van der Waals surface area contributed by atoms with Crippen LogP contribution in [0.25, 0.3) is 0 Å². The van der Waals surface area contributed by atoms with Crippen LogP contribution in [0.5, 0.6) is 0 Å². The Morgan fingerprint density at radius 2 is 2.11 bits per heavy atom. The first-order valence-corrected chi connectivity index (χ1v) is 6.68. The molecule has 0 unspecified atom stereocenters. The molecule has 0 amide bonds. The molecule has 19 heavy (non-hydrogen) atoms. The minimum absolute atomic E-state index is 0.0471. The maximum atomic E-state index is 13.0. The van der Waals surface area contributed by atoms with Crippen molar-refractivity contribution in [3.05, 3.63) is 35.6 Å². The van der Waals surface area contributed by atoms with Gasteiger partial charge in [0.15, 0.2) is 5.78 Å². The molecule has 0 saturated carbocycles. The van der Waals surface area contributed by atoms with Gasteiger partial charge in [0.05, 0.1) is 0 Å². The van der Waals surface area contributed by atoms with Crippen LogP contribution in [0.15, 0.2) is 24.3 Å². The van der Waals surface area contributed by atoms with Crippen LogP contribution in [0.3, 0.4) is 0 Å². The highest BCUT2D eigenvalue weighted by Gasteiger charge is 2.12. The van der Waals surface area contributed by atoms with E-state index in [4.69, 9.17) is 5.11 Å². The zero-order valence-corrected chi connectivity index (χ0v) is 11.6. The zero-order chi connectivity index (χ0) is 14.3. The molecule has 0 spiro atoms. The van der Waals surface area contributed by atoms with Crippen molar-refractivity contribution >= 4 is 5.78 Å². The lowest BCUT2D eigenvalue weighted by Crippen LogP contribution is -2.34. The fraction of sp³-hybridized carbons (Fsp3) is 0.533. The maximum Gasteiger partial charge on any atom is 0.164 e. The molecule has 0 bridgehead atoms. The van der Waals surface area contributed by atoms with E-state index in [2.05, 4.69) is 18.7 Å². The summed E-state index contributed by atoms with van der Waals surface area (Å²) < 4.78 is 13.0. The van der Waals surface area contributed by atoms with E-state index in [-0.39, 0.29) is 18.2 Å². The Balaban J connectivity index is 2.52. The van der Waals surface area contributed by atoms with E-state index >= 15 is 0 Å². The predicted molar refractivity (Wildman–Crippen MR) is 73.8 cm³/mol. The average molecular weight is 267 g/mol. The molecule has 0 heterocycles. The smallest absolute Gasteiger partial charge is 0.164 e. The molecule has 0 fully saturated rings. The van der Waals surface area contributed by atoms with Crippen LogP contribution in [0, 0.1) is 5.82 Å². The van der Waals surface area contributed by atoms with Crippen molar-refractivity contribution in [3.8, 4) is 0 Å². The van der Waals surface area contributed by atoms with Gasteiger partial charge in [0, 0.05) is 37.7 Å². The van der Waals surface area contributed by atoms with E-state index in [1.54, 1.807) is 12.1 Å². The molecule has 0 aromatic heterocycles. The summed E-state index contributed by atoms with van der Waals surface area (Å²) in [5.41, 5.74) is 0.422. The highest BCUT2D eigenvalue weighted by Crippen LogP contribution is 2.08. The van der Waals surface area contributed by atoms with E-state index in [9.17, 15) is 9.18 Å². The van der Waals surface area contributed by atoms with Crippen molar-refractivity contribution < 1.29 is 14.3 Å². The molecular weight excluding hydrogens is 245 g/mol. The van der Waals surface area contributed by atoms with E-state index in [0.717, 1.165) is 6.54 Å². The molecule has 1 aromatic rings. The number of halogens is 1. The number of nitrogens with zero attached hydrogens (tertiary/aromatic N) is 1. The quantitative estimate of drug-likeness (QED) is 0.736. The third kappa shape index (κ3) is 5.49. The SMILES string of the molecule is CC(C)N(CCCO)CCC(=O)c1cccc(F)c1. The molecule has 0 aliphatic heterocycles. The molecule has 0 aliphatic rings.